The number of halogens is 1. The highest BCUT2D eigenvalue weighted by Gasteiger charge is 2.16. The van der Waals surface area contributed by atoms with Crippen molar-refractivity contribution >= 4 is 16.8 Å². The monoisotopic (exact) mass is 228 g/mol. The number of hydrogen-bond acceptors (Lipinski definition) is 3. The smallest absolute Gasteiger partial charge is 0.259 e. The molecule has 0 heterocycles. The van der Waals surface area contributed by atoms with Crippen molar-refractivity contribution in [2.45, 2.75) is 13.8 Å². The van der Waals surface area contributed by atoms with Crippen LogP contribution in [0, 0.1) is 0 Å². The molecule has 1 aromatic carbocycles. The first-order valence-electron chi connectivity index (χ1n) is 4.79. The van der Waals surface area contributed by atoms with E-state index in [9.17, 15) is 4.79 Å². The summed E-state index contributed by atoms with van der Waals surface area (Å²) in [5.74, 6) is 0.923. The molecule has 0 fully saturated rings. The lowest BCUT2D eigenvalue weighted by Gasteiger charge is -2.11. The fraction of sp³-hybridized carbons (Fsp3) is 0.364. The van der Waals surface area contributed by atoms with E-state index in [1.165, 1.54) is 0 Å². The fourth-order valence-electron chi connectivity index (χ4n) is 1.26. The highest BCUT2D eigenvalue weighted by molar-refractivity contribution is 6.68. The van der Waals surface area contributed by atoms with E-state index in [0.717, 1.165) is 0 Å². The van der Waals surface area contributed by atoms with Gasteiger partial charge in [0.15, 0.2) is 0 Å². The molecule has 0 aliphatic rings. The first-order valence-corrected chi connectivity index (χ1v) is 5.16. The summed E-state index contributed by atoms with van der Waals surface area (Å²) in [4.78, 5) is 11.2. The van der Waals surface area contributed by atoms with E-state index in [1.807, 2.05) is 13.8 Å². The molecule has 0 aromatic heterocycles. The Morgan fingerprint density at radius 1 is 1.20 bits per heavy atom. The maximum atomic E-state index is 11.2. The Morgan fingerprint density at radius 2 is 1.67 bits per heavy atom. The Morgan fingerprint density at radius 3 is 2.00 bits per heavy atom. The molecule has 0 unspecified atom stereocenters. The van der Waals surface area contributed by atoms with Crippen molar-refractivity contribution in [3.05, 3.63) is 23.8 Å². The van der Waals surface area contributed by atoms with Crippen LogP contribution in [0.2, 0.25) is 0 Å². The number of rotatable bonds is 5. The third-order valence-corrected chi connectivity index (χ3v) is 1.97. The van der Waals surface area contributed by atoms with Crippen LogP contribution in [0.3, 0.4) is 0 Å². The molecule has 0 amide bonds. The van der Waals surface area contributed by atoms with Crippen LogP contribution >= 0.6 is 11.6 Å². The van der Waals surface area contributed by atoms with Gasteiger partial charge in [-0.1, -0.05) is 6.07 Å². The Labute approximate surface area is 93.9 Å². The van der Waals surface area contributed by atoms with E-state index in [2.05, 4.69) is 0 Å². The van der Waals surface area contributed by atoms with Crippen molar-refractivity contribution < 1.29 is 14.3 Å². The van der Waals surface area contributed by atoms with Gasteiger partial charge in [0.1, 0.15) is 17.1 Å². The number of benzene rings is 1. The third kappa shape index (κ3) is 2.86. The van der Waals surface area contributed by atoms with Crippen molar-refractivity contribution in [3.8, 4) is 11.5 Å². The molecule has 4 heteroatoms. The lowest BCUT2D eigenvalue weighted by atomic mass is 10.2. The maximum Gasteiger partial charge on any atom is 0.259 e. The number of ether oxygens (including phenoxy) is 2. The number of carbonyl (C=O) groups is 1. The van der Waals surface area contributed by atoms with Gasteiger partial charge >= 0.3 is 0 Å². The molecule has 0 aliphatic heterocycles. The normalized spacial score (nSPS) is 9.80. The van der Waals surface area contributed by atoms with E-state index >= 15 is 0 Å². The molecule has 0 bridgehead atoms. The maximum absolute atomic E-state index is 11.2. The zero-order valence-electron chi connectivity index (χ0n) is 8.75. The average Bonchev–Trinajstić information content (AvgIpc) is 2.18. The molecule has 1 rings (SSSR count). The van der Waals surface area contributed by atoms with E-state index in [1.54, 1.807) is 18.2 Å². The molecule has 0 N–H and O–H groups in total. The third-order valence-electron chi connectivity index (χ3n) is 1.78. The van der Waals surface area contributed by atoms with Crippen LogP contribution in [0.5, 0.6) is 11.5 Å². The van der Waals surface area contributed by atoms with Crippen molar-refractivity contribution in [1.29, 1.82) is 0 Å². The van der Waals surface area contributed by atoms with Gasteiger partial charge in [-0.3, -0.25) is 4.79 Å². The van der Waals surface area contributed by atoms with Crippen LogP contribution in [-0.2, 0) is 0 Å². The quantitative estimate of drug-likeness (QED) is 0.727. The Bertz CT molecular complexity index is 325. The summed E-state index contributed by atoms with van der Waals surface area (Å²) >= 11 is 5.49. The molecule has 15 heavy (non-hydrogen) atoms. The number of hydrogen-bond donors (Lipinski definition) is 0. The average molecular weight is 229 g/mol. The summed E-state index contributed by atoms with van der Waals surface area (Å²) in [5, 5.41) is -0.567. The Kier molecular flexibility index (Phi) is 4.43. The summed E-state index contributed by atoms with van der Waals surface area (Å²) in [5.41, 5.74) is 0.294. The standard InChI is InChI=1S/C11H13ClO3/c1-3-14-8-6-5-7-9(15-4-2)10(8)11(12)13/h5-7H,3-4H2,1-2H3. The summed E-state index contributed by atoms with van der Waals surface area (Å²) in [6.45, 7) is 4.64. The van der Waals surface area contributed by atoms with Gasteiger partial charge < -0.3 is 9.47 Å². The van der Waals surface area contributed by atoms with Crippen LogP contribution in [-0.4, -0.2) is 18.5 Å². The van der Waals surface area contributed by atoms with Crippen LogP contribution in [0.15, 0.2) is 18.2 Å². The largest absolute Gasteiger partial charge is 0.493 e. The topological polar surface area (TPSA) is 35.5 Å². The van der Waals surface area contributed by atoms with E-state index in [4.69, 9.17) is 21.1 Å². The molecule has 82 valence electrons. The zero-order chi connectivity index (χ0) is 11.3. The van der Waals surface area contributed by atoms with Crippen molar-refractivity contribution in [1.82, 2.24) is 0 Å². The van der Waals surface area contributed by atoms with Gasteiger partial charge in [0.05, 0.1) is 13.2 Å². The molecule has 0 atom stereocenters. The second-order valence-corrected chi connectivity index (χ2v) is 3.11. The SMILES string of the molecule is CCOc1cccc(OCC)c1C(=O)Cl. The van der Waals surface area contributed by atoms with E-state index < -0.39 is 5.24 Å². The van der Waals surface area contributed by atoms with Crippen LogP contribution in [0.4, 0.5) is 0 Å². The van der Waals surface area contributed by atoms with Gasteiger partial charge in [-0.2, -0.15) is 0 Å². The molecule has 0 saturated heterocycles. The van der Waals surface area contributed by atoms with Gasteiger partial charge in [-0.15, -0.1) is 0 Å². The molecule has 0 spiro atoms. The molecule has 0 saturated carbocycles. The van der Waals surface area contributed by atoms with Crippen LogP contribution in [0.25, 0.3) is 0 Å². The minimum atomic E-state index is -0.567. The van der Waals surface area contributed by atoms with Gasteiger partial charge in [0.25, 0.3) is 5.24 Å². The Balaban J connectivity index is 3.15. The molecule has 0 aliphatic carbocycles. The number of carbonyl (C=O) groups excluding carboxylic acids is 1. The first kappa shape index (κ1) is 11.9. The van der Waals surface area contributed by atoms with Crippen molar-refractivity contribution in [2.24, 2.45) is 0 Å². The molecular weight excluding hydrogens is 216 g/mol. The van der Waals surface area contributed by atoms with E-state index in [-0.39, 0.29) is 0 Å². The van der Waals surface area contributed by atoms with Crippen LogP contribution < -0.4 is 9.47 Å². The summed E-state index contributed by atoms with van der Waals surface area (Å²) in [6, 6.07) is 5.16. The van der Waals surface area contributed by atoms with Gasteiger partial charge in [-0.25, -0.2) is 0 Å². The summed E-state index contributed by atoms with van der Waals surface area (Å²) < 4.78 is 10.6. The fourth-order valence-corrected chi connectivity index (χ4v) is 1.44. The minimum Gasteiger partial charge on any atom is -0.493 e. The Hall–Kier alpha value is -1.22. The second kappa shape index (κ2) is 5.61. The summed E-state index contributed by atoms with van der Waals surface area (Å²) in [6.07, 6.45) is 0. The lowest BCUT2D eigenvalue weighted by molar-refractivity contribution is 0.107. The molecule has 1 aromatic rings. The predicted octanol–water partition coefficient (Wildman–Crippen LogP) is 2.86. The lowest BCUT2D eigenvalue weighted by Crippen LogP contribution is -2.03. The van der Waals surface area contributed by atoms with Gasteiger partial charge in [0.2, 0.25) is 0 Å². The highest BCUT2D eigenvalue weighted by Crippen LogP contribution is 2.30. The summed E-state index contributed by atoms with van der Waals surface area (Å²) in [7, 11) is 0. The van der Waals surface area contributed by atoms with Gasteiger partial charge in [-0.05, 0) is 37.6 Å². The molecule has 0 radical (unpaired) electrons. The van der Waals surface area contributed by atoms with Crippen LogP contribution in [0.1, 0.15) is 24.2 Å². The zero-order valence-corrected chi connectivity index (χ0v) is 9.50. The molecular formula is C11H13ClO3. The minimum absolute atomic E-state index is 0.294. The van der Waals surface area contributed by atoms with Crippen molar-refractivity contribution in [3.63, 3.8) is 0 Å². The van der Waals surface area contributed by atoms with Gasteiger partial charge in [0, 0.05) is 0 Å². The van der Waals surface area contributed by atoms with Crippen molar-refractivity contribution in [2.75, 3.05) is 13.2 Å². The first-order chi connectivity index (χ1) is 7.20. The van der Waals surface area contributed by atoms with E-state index in [0.29, 0.717) is 30.3 Å². The highest BCUT2D eigenvalue weighted by atomic mass is 35.5. The molecule has 3 nitrogen and oxygen atoms in total. The predicted molar refractivity (Wildman–Crippen MR) is 59.0 cm³/mol. The second-order valence-electron chi connectivity index (χ2n) is 2.77.